The lowest BCUT2D eigenvalue weighted by molar-refractivity contribution is 0.589. The quantitative estimate of drug-likeness (QED) is 0.788. The molecule has 0 bridgehead atoms. The molecule has 1 rings (SSSR count). The fourth-order valence-corrected chi connectivity index (χ4v) is 2.45. The third kappa shape index (κ3) is 2.68. The fourth-order valence-electron chi connectivity index (χ4n) is 1.46. The largest absolute Gasteiger partial charge is 0.251 e. The second-order valence-electron chi connectivity index (χ2n) is 3.31. The third-order valence-corrected chi connectivity index (χ3v) is 2.71. The molecule has 0 saturated heterocycles. The average molecular weight is 267 g/mol. The molecule has 1 aromatic rings. The van der Waals surface area contributed by atoms with Crippen LogP contribution in [-0.4, -0.2) is 20.4 Å². The van der Waals surface area contributed by atoms with E-state index < -0.39 is 0 Å². The number of hydrogen-bond acceptors (Lipinski definition) is 2. The molecule has 0 amide bonds. The van der Waals surface area contributed by atoms with Gasteiger partial charge in [0.25, 0.3) is 0 Å². The van der Waals surface area contributed by atoms with E-state index in [9.17, 15) is 0 Å². The van der Waals surface area contributed by atoms with Crippen LogP contribution in [0.2, 0.25) is 0 Å². The number of halogens is 2. The van der Waals surface area contributed by atoms with Gasteiger partial charge in [0.1, 0.15) is 0 Å². The second-order valence-corrected chi connectivity index (χ2v) is 4.80. The summed E-state index contributed by atoms with van der Waals surface area (Å²) in [6.07, 6.45) is 0.932. The Balaban J connectivity index is 2.81. The summed E-state index contributed by atoms with van der Waals surface area (Å²) in [7, 11) is 1.89. The van der Waals surface area contributed by atoms with Gasteiger partial charge >= 0.3 is 0 Å². The van der Waals surface area contributed by atoms with Gasteiger partial charge in [-0.2, -0.15) is 0 Å². The van der Waals surface area contributed by atoms with Gasteiger partial charge in [-0.15, -0.1) is 16.7 Å². The first-order valence-electron chi connectivity index (χ1n) is 4.21. The predicted molar refractivity (Wildman–Crippen MR) is 57.1 cm³/mol. The maximum absolute atomic E-state index is 5.93. The van der Waals surface area contributed by atoms with E-state index in [1.54, 1.807) is 4.68 Å². The van der Waals surface area contributed by atoms with E-state index in [1.807, 2.05) is 14.0 Å². The highest BCUT2D eigenvalue weighted by Gasteiger charge is 2.17. The molecule has 0 spiro atoms. The van der Waals surface area contributed by atoms with Crippen LogP contribution in [0.1, 0.15) is 31.9 Å². The first-order chi connectivity index (χ1) is 6.02. The molecule has 0 radical (unpaired) electrons. The van der Waals surface area contributed by atoms with Crippen LogP contribution in [0.4, 0.5) is 0 Å². The van der Waals surface area contributed by atoms with E-state index in [4.69, 9.17) is 11.6 Å². The minimum Gasteiger partial charge on any atom is -0.251 e. The maximum Gasteiger partial charge on any atom is 0.151 e. The van der Waals surface area contributed by atoms with Crippen molar-refractivity contribution < 1.29 is 0 Å². The highest BCUT2D eigenvalue weighted by molar-refractivity contribution is 9.10. The molecule has 2 unspecified atom stereocenters. The zero-order valence-electron chi connectivity index (χ0n) is 7.96. The van der Waals surface area contributed by atoms with Crippen molar-refractivity contribution in [2.75, 3.05) is 0 Å². The molecule has 0 saturated carbocycles. The van der Waals surface area contributed by atoms with E-state index in [0.717, 1.165) is 16.7 Å². The Morgan fingerprint density at radius 1 is 1.54 bits per heavy atom. The van der Waals surface area contributed by atoms with Crippen LogP contribution in [0.15, 0.2) is 4.60 Å². The van der Waals surface area contributed by atoms with Crippen LogP contribution in [0.3, 0.4) is 0 Å². The first-order valence-corrected chi connectivity index (χ1v) is 5.44. The van der Waals surface area contributed by atoms with Crippen molar-refractivity contribution in [1.82, 2.24) is 15.0 Å². The van der Waals surface area contributed by atoms with E-state index >= 15 is 0 Å². The minimum atomic E-state index is 0.178. The molecule has 3 nitrogen and oxygen atoms in total. The van der Waals surface area contributed by atoms with Gasteiger partial charge in [0.05, 0.1) is 5.69 Å². The molecule has 2 atom stereocenters. The Labute approximate surface area is 91.6 Å². The van der Waals surface area contributed by atoms with Crippen molar-refractivity contribution in [2.45, 2.75) is 31.6 Å². The van der Waals surface area contributed by atoms with Crippen LogP contribution in [0, 0.1) is 0 Å². The van der Waals surface area contributed by atoms with Crippen molar-refractivity contribution in [3.05, 3.63) is 10.3 Å². The topological polar surface area (TPSA) is 30.7 Å². The molecule has 0 aliphatic heterocycles. The fraction of sp³-hybridized carbons (Fsp3) is 0.750. The molecule has 13 heavy (non-hydrogen) atoms. The third-order valence-electron chi connectivity index (χ3n) is 1.97. The van der Waals surface area contributed by atoms with Gasteiger partial charge in [0.15, 0.2) is 4.60 Å². The Morgan fingerprint density at radius 2 is 2.15 bits per heavy atom. The van der Waals surface area contributed by atoms with Crippen molar-refractivity contribution in [3.8, 4) is 0 Å². The van der Waals surface area contributed by atoms with Crippen LogP contribution in [0.5, 0.6) is 0 Å². The summed E-state index contributed by atoms with van der Waals surface area (Å²) in [6, 6.07) is 0. The Morgan fingerprint density at radius 3 is 2.54 bits per heavy atom. The Kier molecular flexibility index (Phi) is 3.74. The summed E-state index contributed by atoms with van der Waals surface area (Å²) in [5, 5.41) is 8.03. The highest BCUT2D eigenvalue weighted by atomic mass is 79.9. The summed E-state index contributed by atoms with van der Waals surface area (Å²) >= 11 is 9.30. The van der Waals surface area contributed by atoms with Crippen molar-refractivity contribution >= 4 is 27.5 Å². The molecule has 0 aliphatic rings. The van der Waals surface area contributed by atoms with Gasteiger partial charge in [-0.1, -0.05) is 12.1 Å². The molecule has 0 aliphatic carbocycles. The van der Waals surface area contributed by atoms with Crippen LogP contribution in [-0.2, 0) is 7.05 Å². The number of hydrogen-bond donors (Lipinski definition) is 0. The molecule has 0 fully saturated rings. The standard InChI is InChI=1S/C8H13BrClN3/c1-5(4-6(2)10)7-8(9)11-12-13(7)3/h5-6H,4H2,1-3H3. The smallest absolute Gasteiger partial charge is 0.151 e. The average Bonchev–Trinajstić information content (AvgIpc) is 2.29. The lowest BCUT2D eigenvalue weighted by Gasteiger charge is -2.12. The van der Waals surface area contributed by atoms with Crippen LogP contribution in [0.25, 0.3) is 0 Å². The molecule has 1 heterocycles. The molecule has 0 N–H and O–H groups in total. The molecular weight excluding hydrogens is 253 g/mol. The van der Waals surface area contributed by atoms with Gasteiger partial charge in [-0.25, -0.2) is 0 Å². The number of alkyl halides is 1. The lowest BCUT2D eigenvalue weighted by Crippen LogP contribution is -2.07. The van der Waals surface area contributed by atoms with Gasteiger partial charge in [-0.3, -0.25) is 4.68 Å². The summed E-state index contributed by atoms with van der Waals surface area (Å²) in [5.74, 6) is 0.377. The molecule has 1 aromatic heterocycles. The van der Waals surface area contributed by atoms with E-state index in [2.05, 4.69) is 33.2 Å². The second kappa shape index (κ2) is 4.42. The predicted octanol–water partition coefficient (Wildman–Crippen LogP) is 2.70. The zero-order chi connectivity index (χ0) is 10.0. The number of nitrogens with zero attached hydrogens (tertiary/aromatic N) is 3. The minimum absolute atomic E-state index is 0.178. The van der Waals surface area contributed by atoms with Gasteiger partial charge < -0.3 is 0 Å². The van der Waals surface area contributed by atoms with Crippen molar-refractivity contribution in [3.63, 3.8) is 0 Å². The van der Waals surface area contributed by atoms with E-state index in [1.165, 1.54) is 0 Å². The van der Waals surface area contributed by atoms with Gasteiger partial charge in [0, 0.05) is 18.3 Å². The summed E-state index contributed by atoms with van der Waals surface area (Å²) < 4.78 is 2.61. The Hall–Kier alpha value is -0.0900. The van der Waals surface area contributed by atoms with E-state index in [0.29, 0.717) is 5.92 Å². The van der Waals surface area contributed by atoms with Crippen LogP contribution < -0.4 is 0 Å². The van der Waals surface area contributed by atoms with Crippen LogP contribution >= 0.6 is 27.5 Å². The summed E-state index contributed by atoms with van der Waals surface area (Å²) in [5.41, 5.74) is 1.10. The number of aromatic nitrogens is 3. The number of aryl methyl sites for hydroxylation is 1. The van der Waals surface area contributed by atoms with Crippen molar-refractivity contribution in [2.24, 2.45) is 7.05 Å². The molecule has 74 valence electrons. The summed E-state index contributed by atoms with van der Waals surface area (Å²) in [4.78, 5) is 0. The zero-order valence-corrected chi connectivity index (χ0v) is 10.3. The normalized spacial score (nSPS) is 15.8. The molecule has 5 heteroatoms. The maximum atomic E-state index is 5.93. The highest BCUT2D eigenvalue weighted by Crippen LogP contribution is 2.26. The molecular formula is C8H13BrClN3. The SMILES string of the molecule is CC(Cl)CC(C)c1c(Br)nnn1C. The monoisotopic (exact) mass is 265 g/mol. The Bertz CT molecular complexity index is 265. The molecule has 0 aromatic carbocycles. The summed E-state index contributed by atoms with van der Waals surface area (Å²) in [6.45, 7) is 4.12. The number of rotatable bonds is 3. The van der Waals surface area contributed by atoms with Gasteiger partial charge in [-0.05, 0) is 29.3 Å². The van der Waals surface area contributed by atoms with E-state index in [-0.39, 0.29) is 5.38 Å². The van der Waals surface area contributed by atoms with Crippen molar-refractivity contribution in [1.29, 1.82) is 0 Å². The first kappa shape index (κ1) is 11.0. The lowest BCUT2D eigenvalue weighted by atomic mass is 10.0. The van der Waals surface area contributed by atoms with Gasteiger partial charge in [0.2, 0.25) is 0 Å².